The summed E-state index contributed by atoms with van der Waals surface area (Å²) < 4.78 is 0. The summed E-state index contributed by atoms with van der Waals surface area (Å²) in [7, 11) is 0. The molecule has 22 heavy (non-hydrogen) atoms. The Kier molecular flexibility index (Phi) is 5.53. The first kappa shape index (κ1) is 16.5. The molecular weight excluding hydrogens is 276 g/mol. The van der Waals surface area contributed by atoms with E-state index in [0.29, 0.717) is 29.0 Å². The molecule has 0 saturated heterocycles. The van der Waals surface area contributed by atoms with Crippen LogP contribution in [-0.2, 0) is 4.79 Å². The standard InChI is InChI=1S/C19H24O3/c1-3-5-8-13(4-2)11-12-16-17(20)14-9-6-7-10-15(14)18(21)19(16)22/h6-7,9-10,13,20H,3-5,8,11-12H2,1-2H3. The Balaban J connectivity index is 2.19. The van der Waals surface area contributed by atoms with E-state index in [2.05, 4.69) is 13.8 Å². The summed E-state index contributed by atoms with van der Waals surface area (Å²) in [5.41, 5.74) is 1.09. The van der Waals surface area contributed by atoms with Crippen molar-refractivity contribution in [2.24, 2.45) is 5.92 Å². The zero-order chi connectivity index (χ0) is 16.1. The van der Waals surface area contributed by atoms with E-state index >= 15 is 0 Å². The molecule has 3 heteroatoms. The number of ketones is 2. The highest BCUT2D eigenvalue weighted by Crippen LogP contribution is 2.31. The third-order valence-corrected chi connectivity index (χ3v) is 4.54. The summed E-state index contributed by atoms with van der Waals surface area (Å²) in [4.78, 5) is 24.4. The quantitative estimate of drug-likeness (QED) is 0.741. The molecule has 0 radical (unpaired) electrons. The molecular formula is C19H24O3. The molecule has 1 N–H and O–H groups in total. The second-order valence-electron chi connectivity index (χ2n) is 5.99. The van der Waals surface area contributed by atoms with Gasteiger partial charge in [0.1, 0.15) is 5.76 Å². The van der Waals surface area contributed by atoms with Crippen molar-refractivity contribution in [1.82, 2.24) is 0 Å². The molecule has 0 aromatic heterocycles. The minimum Gasteiger partial charge on any atom is -0.507 e. The number of fused-ring (bicyclic) bond motifs is 1. The van der Waals surface area contributed by atoms with Crippen LogP contribution in [0.5, 0.6) is 0 Å². The largest absolute Gasteiger partial charge is 0.507 e. The Bertz CT molecular complexity index is 598. The van der Waals surface area contributed by atoms with Gasteiger partial charge in [0.2, 0.25) is 11.6 Å². The van der Waals surface area contributed by atoms with Gasteiger partial charge in [-0.25, -0.2) is 0 Å². The number of hydrogen-bond acceptors (Lipinski definition) is 3. The van der Waals surface area contributed by atoms with Crippen LogP contribution in [0.4, 0.5) is 0 Å². The minimum absolute atomic E-state index is 0.00876. The molecule has 0 spiro atoms. The van der Waals surface area contributed by atoms with Crippen LogP contribution in [0.2, 0.25) is 0 Å². The topological polar surface area (TPSA) is 54.4 Å². The van der Waals surface area contributed by atoms with E-state index in [9.17, 15) is 14.7 Å². The third-order valence-electron chi connectivity index (χ3n) is 4.54. The lowest BCUT2D eigenvalue weighted by Crippen LogP contribution is -2.24. The molecule has 0 bridgehead atoms. The normalized spacial score (nSPS) is 15.9. The van der Waals surface area contributed by atoms with Gasteiger partial charge in [-0.2, -0.15) is 0 Å². The van der Waals surface area contributed by atoms with E-state index in [0.717, 1.165) is 25.7 Å². The van der Waals surface area contributed by atoms with Gasteiger partial charge >= 0.3 is 0 Å². The lowest BCUT2D eigenvalue weighted by Gasteiger charge is -2.20. The van der Waals surface area contributed by atoms with Gasteiger partial charge < -0.3 is 5.11 Å². The molecule has 0 fully saturated rings. The SMILES string of the molecule is CCCCC(CC)CCC1=C(O)c2ccccc2C(=O)C1=O. The van der Waals surface area contributed by atoms with Crippen molar-refractivity contribution >= 4 is 17.3 Å². The maximum Gasteiger partial charge on any atom is 0.234 e. The Morgan fingerprint density at radius 2 is 1.68 bits per heavy atom. The van der Waals surface area contributed by atoms with E-state index in [-0.39, 0.29) is 5.76 Å². The number of Topliss-reactive ketones (excluding diaryl/α,β-unsaturated/α-hetero) is 2. The first-order valence-electron chi connectivity index (χ1n) is 8.20. The molecule has 0 aliphatic heterocycles. The highest BCUT2D eigenvalue weighted by atomic mass is 16.3. The van der Waals surface area contributed by atoms with Crippen molar-refractivity contribution in [2.45, 2.75) is 52.4 Å². The Morgan fingerprint density at radius 1 is 1.00 bits per heavy atom. The van der Waals surface area contributed by atoms with Crippen LogP contribution in [0.25, 0.3) is 5.76 Å². The van der Waals surface area contributed by atoms with Crippen LogP contribution < -0.4 is 0 Å². The molecule has 1 aromatic rings. The van der Waals surface area contributed by atoms with Crippen LogP contribution in [0, 0.1) is 5.92 Å². The highest BCUT2D eigenvalue weighted by molar-refractivity contribution is 6.52. The number of unbranched alkanes of at least 4 members (excludes halogenated alkanes) is 1. The number of carbonyl (C=O) groups is 2. The van der Waals surface area contributed by atoms with Gasteiger partial charge in [-0.3, -0.25) is 9.59 Å². The molecule has 0 amide bonds. The van der Waals surface area contributed by atoms with Crippen molar-refractivity contribution in [2.75, 3.05) is 0 Å². The number of aliphatic hydroxyl groups excluding tert-OH is 1. The number of aliphatic hydroxyl groups is 1. The van der Waals surface area contributed by atoms with E-state index < -0.39 is 11.6 Å². The van der Waals surface area contributed by atoms with Gasteiger partial charge in [-0.05, 0) is 18.8 Å². The fourth-order valence-electron chi connectivity index (χ4n) is 3.04. The molecule has 0 heterocycles. The van der Waals surface area contributed by atoms with Gasteiger partial charge in [0.05, 0.1) is 0 Å². The van der Waals surface area contributed by atoms with Gasteiger partial charge in [0.15, 0.2) is 0 Å². The number of rotatable bonds is 7. The Morgan fingerprint density at radius 3 is 2.32 bits per heavy atom. The molecule has 118 valence electrons. The van der Waals surface area contributed by atoms with Crippen molar-refractivity contribution in [3.8, 4) is 0 Å². The molecule has 3 nitrogen and oxygen atoms in total. The van der Waals surface area contributed by atoms with Crippen LogP contribution >= 0.6 is 0 Å². The van der Waals surface area contributed by atoms with E-state index in [1.54, 1.807) is 24.3 Å². The summed E-state index contributed by atoms with van der Waals surface area (Å²) >= 11 is 0. The van der Waals surface area contributed by atoms with Crippen molar-refractivity contribution in [3.05, 3.63) is 41.0 Å². The molecule has 2 rings (SSSR count). The summed E-state index contributed by atoms with van der Waals surface area (Å²) in [5.74, 6) is -0.502. The molecule has 1 aliphatic rings. The molecule has 1 unspecified atom stereocenters. The van der Waals surface area contributed by atoms with E-state index in [4.69, 9.17) is 0 Å². The fourth-order valence-corrected chi connectivity index (χ4v) is 3.04. The lowest BCUT2D eigenvalue weighted by atomic mass is 9.84. The first-order valence-corrected chi connectivity index (χ1v) is 8.20. The molecule has 1 atom stereocenters. The minimum atomic E-state index is -0.540. The van der Waals surface area contributed by atoms with E-state index in [1.807, 2.05) is 0 Å². The van der Waals surface area contributed by atoms with Crippen molar-refractivity contribution in [1.29, 1.82) is 0 Å². The second-order valence-corrected chi connectivity index (χ2v) is 5.99. The predicted molar refractivity (Wildman–Crippen MR) is 87.9 cm³/mol. The van der Waals surface area contributed by atoms with Gasteiger partial charge in [0, 0.05) is 16.7 Å². The lowest BCUT2D eigenvalue weighted by molar-refractivity contribution is -0.112. The number of benzene rings is 1. The van der Waals surface area contributed by atoms with Gasteiger partial charge in [0.25, 0.3) is 0 Å². The number of carbonyl (C=O) groups excluding carboxylic acids is 2. The van der Waals surface area contributed by atoms with Crippen LogP contribution in [-0.4, -0.2) is 16.7 Å². The number of allylic oxidation sites excluding steroid dienone is 1. The molecule has 1 aliphatic carbocycles. The van der Waals surface area contributed by atoms with Crippen LogP contribution in [0.3, 0.4) is 0 Å². The zero-order valence-corrected chi connectivity index (χ0v) is 13.4. The smallest absolute Gasteiger partial charge is 0.234 e. The van der Waals surface area contributed by atoms with Crippen molar-refractivity contribution in [3.63, 3.8) is 0 Å². The monoisotopic (exact) mass is 300 g/mol. The number of hydrogen-bond donors (Lipinski definition) is 1. The van der Waals surface area contributed by atoms with Crippen LogP contribution in [0.15, 0.2) is 29.8 Å². The average molecular weight is 300 g/mol. The van der Waals surface area contributed by atoms with Crippen LogP contribution in [0.1, 0.15) is 68.3 Å². The second kappa shape index (κ2) is 7.39. The zero-order valence-electron chi connectivity index (χ0n) is 13.4. The Hall–Kier alpha value is -1.90. The van der Waals surface area contributed by atoms with Gasteiger partial charge in [-0.1, -0.05) is 63.8 Å². The fraction of sp³-hybridized carbons (Fsp3) is 0.474. The maximum atomic E-state index is 12.2. The molecule has 1 aromatic carbocycles. The summed E-state index contributed by atoms with van der Waals surface area (Å²) in [6.07, 6.45) is 5.87. The average Bonchev–Trinajstić information content (AvgIpc) is 2.55. The highest BCUT2D eigenvalue weighted by Gasteiger charge is 2.32. The maximum absolute atomic E-state index is 12.2. The molecule has 0 saturated carbocycles. The third kappa shape index (κ3) is 3.29. The van der Waals surface area contributed by atoms with E-state index in [1.165, 1.54) is 6.42 Å². The van der Waals surface area contributed by atoms with Crippen molar-refractivity contribution < 1.29 is 14.7 Å². The summed E-state index contributed by atoms with van der Waals surface area (Å²) in [6.45, 7) is 4.32. The Labute approximate surface area is 132 Å². The summed E-state index contributed by atoms with van der Waals surface area (Å²) in [5, 5.41) is 10.4. The summed E-state index contributed by atoms with van der Waals surface area (Å²) in [6, 6.07) is 6.77. The first-order chi connectivity index (χ1) is 10.6. The van der Waals surface area contributed by atoms with Gasteiger partial charge in [-0.15, -0.1) is 0 Å². The predicted octanol–water partition coefficient (Wildman–Crippen LogP) is 4.72.